The lowest BCUT2D eigenvalue weighted by atomic mass is 10.2. The summed E-state index contributed by atoms with van der Waals surface area (Å²) >= 11 is 2.95. The van der Waals surface area contributed by atoms with Crippen molar-refractivity contribution in [1.29, 1.82) is 0 Å². The van der Waals surface area contributed by atoms with E-state index in [0.717, 1.165) is 39.7 Å². The molecule has 1 amide bonds. The predicted octanol–water partition coefficient (Wildman–Crippen LogP) is 10.8. The maximum Gasteiger partial charge on any atom is 0.410 e. The van der Waals surface area contributed by atoms with Gasteiger partial charge >= 0.3 is 12.1 Å². The van der Waals surface area contributed by atoms with Crippen LogP contribution in [0.2, 0.25) is 43.8 Å². The molecule has 0 saturated carbocycles. The molecule has 0 N–H and O–H groups in total. The van der Waals surface area contributed by atoms with Gasteiger partial charge in [-0.3, -0.25) is 14.4 Å². The van der Waals surface area contributed by atoms with E-state index in [9.17, 15) is 9.59 Å². The Morgan fingerprint density at radius 1 is 0.987 bits per heavy atom. The van der Waals surface area contributed by atoms with Crippen LogP contribution in [0.5, 0.6) is 5.75 Å². The number of fused-ring (bicyclic) bond motifs is 1. The summed E-state index contributed by atoms with van der Waals surface area (Å²) < 4.78 is 54.1. The summed E-state index contributed by atoms with van der Waals surface area (Å²) in [5.41, 5.74) is 1.83. The molecule has 0 bridgehead atoms. The number of aromatic nitrogens is 4. The van der Waals surface area contributed by atoms with Gasteiger partial charge in [-0.05, 0) is 107 Å². The van der Waals surface area contributed by atoms with Crippen LogP contribution in [-0.2, 0) is 36.5 Å². The van der Waals surface area contributed by atoms with Crippen LogP contribution in [0.15, 0.2) is 53.5 Å². The molecule has 1 atom stereocenters. The highest BCUT2D eigenvalue weighted by Crippen LogP contribution is 2.38. The minimum atomic E-state index is -2.18. The molecular weight excluding hydrogens is 1030 g/mol. The van der Waals surface area contributed by atoms with Crippen molar-refractivity contribution < 1.29 is 42.1 Å². The van der Waals surface area contributed by atoms with Crippen LogP contribution >= 0.6 is 22.7 Å². The predicted molar refractivity (Wildman–Crippen MR) is 302 cm³/mol. The van der Waals surface area contributed by atoms with Gasteiger partial charge in [0.15, 0.2) is 47.1 Å². The molecule has 1 aliphatic rings. The van der Waals surface area contributed by atoms with Gasteiger partial charge in [-0.2, -0.15) is 4.99 Å². The normalized spacial score (nSPS) is 14.4. The maximum absolute atomic E-state index is 15.3. The maximum atomic E-state index is 15.3. The molecule has 0 aliphatic carbocycles. The number of methoxy groups -OCH3 is 1. The van der Waals surface area contributed by atoms with Gasteiger partial charge in [0.2, 0.25) is 0 Å². The van der Waals surface area contributed by atoms with Crippen LogP contribution < -0.4 is 14.4 Å². The van der Waals surface area contributed by atoms with Gasteiger partial charge in [0, 0.05) is 57.8 Å². The molecule has 1 unspecified atom stereocenters. The number of rotatable bonds is 21. The summed E-state index contributed by atoms with van der Waals surface area (Å²) in [4.78, 5) is 43.1. The number of ether oxygens (including phenoxy) is 5. The van der Waals surface area contributed by atoms with Gasteiger partial charge in [0.1, 0.15) is 12.3 Å². The molecule has 21 heteroatoms. The summed E-state index contributed by atoms with van der Waals surface area (Å²) in [5, 5.41) is 10.2. The summed E-state index contributed by atoms with van der Waals surface area (Å²) in [6, 6.07) is 15.6. The monoisotopic (exact) mass is 1100 g/mol. The van der Waals surface area contributed by atoms with Crippen molar-refractivity contribution in [3.63, 3.8) is 0 Å². The fourth-order valence-electron chi connectivity index (χ4n) is 7.44. The van der Waals surface area contributed by atoms with Crippen LogP contribution in [0.1, 0.15) is 74.5 Å². The first-order chi connectivity index (χ1) is 35.3. The molecule has 4 heterocycles. The Morgan fingerprint density at radius 2 is 1.72 bits per heavy atom. The van der Waals surface area contributed by atoms with Crippen molar-refractivity contribution in [3.05, 3.63) is 80.8 Å². The number of aryl methyl sites for hydroxylation is 2. The summed E-state index contributed by atoms with van der Waals surface area (Å²) in [6.07, 6.45) is 0.342. The van der Waals surface area contributed by atoms with E-state index in [1.165, 1.54) is 35.5 Å². The minimum absolute atomic E-state index is 0.00681. The third-order valence-electron chi connectivity index (χ3n) is 12.9. The Kier molecular flexibility index (Phi) is 20.4. The van der Waals surface area contributed by atoms with Crippen LogP contribution in [0.3, 0.4) is 0 Å². The molecule has 1 fully saturated rings. The second kappa shape index (κ2) is 25.9. The number of carbonyl (C=O) groups is 2. The number of morpholine rings is 1. The molecule has 1 saturated heterocycles. The molecular formula is C54H77FN8O8S2Si2. The molecule has 75 heavy (non-hydrogen) atoms. The number of hydrogen-bond donors (Lipinski definition) is 0. The Bertz CT molecular complexity index is 2870. The average molecular weight is 1110 g/mol. The number of anilines is 2. The van der Waals surface area contributed by atoms with Crippen LogP contribution in [0, 0.1) is 24.6 Å². The third-order valence-corrected chi connectivity index (χ3v) is 21.3. The van der Waals surface area contributed by atoms with Crippen molar-refractivity contribution in [2.45, 2.75) is 123 Å². The first-order valence-corrected chi connectivity index (χ1v) is 33.8. The van der Waals surface area contributed by atoms with Gasteiger partial charge in [0.25, 0.3) is 0 Å². The first kappa shape index (κ1) is 59.2. The van der Waals surface area contributed by atoms with Gasteiger partial charge in [-0.15, -0.1) is 21.5 Å². The van der Waals surface area contributed by atoms with Crippen molar-refractivity contribution >= 4 is 78.1 Å². The van der Waals surface area contributed by atoms with E-state index in [1.807, 2.05) is 30.0 Å². The standard InChI is InChI=1S/C54H77FN8O8S2Si2/c1-38-33-46(58-59-48(38)57-51-63(37-68-31-32-74(10,11)12)42-20-15-16-21-44(42)72-51)62(35-40(61-26-29-67-30-27-61)36-70-75(13,14)54(5,6)7)50-56-47(49(64)66-9)45(73-50)22-18-28-69-43-24-23-39(34-41(43)55)19-17-25-60(8)52(65)71-53(2,3)4/h15-16,20-21,23-24,33-34,40H,18,22,25-32,35-37H2,1-14H3. The fraction of sp³-hybridized carbons (Fsp3) is 0.556. The minimum Gasteiger partial charge on any atom is -0.491 e. The number of nitrogens with zero attached hydrogens (tertiary/aromatic N) is 8. The number of halogens is 1. The largest absolute Gasteiger partial charge is 0.491 e. The van der Waals surface area contributed by atoms with E-state index in [4.69, 9.17) is 48.3 Å². The van der Waals surface area contributed by atoms with E-state index < -0.39 is 39.9 Å². The molecule has 408 valence electrons. The number of para-hydroxylation sites is 1. The highest BCUT2D eigenvalue weighted by molar-refractivity contribution is 7.16. The van der Waals surface area contributed by atoms with Crippen LogP contribution in [0.4, 0.5) is 26.0 Å². The third kappa shape index (κ3) is 17.0. The Balaban J connectivity index is 1.29. The topological polar surface area (TPSA) is 155 Å². The van der Waals surface area contributed by atoms with E-state index in [-0.39, 0.29) is 35.7 Å². The Hall–Kier alpha value is -5.06. The SMILES string of the molecule is COC(=O)c1nc(N(CC(CO[Si](C)(C)C(C)(C)C)N2CCOCC2)c2cc(C)c(N=c3sc4ccccc4n3COCC[Si](C)(C)C)nn2)sc1CCCOc1ccc(C#CCN(C)C(=O)OC(C)(C)C)cc1F. The molecule has 1 aliphatic heterocycles. The van der Waals surface area contributed by atoms with Crippen molar-refractivity contribution in [2.75, 3.05) is 78.3 Å². The van der Waals surface area contributed by atoms with Crippen molar-refractivity contribution in [2.24, 2.45) is 4.99 Å². The van der Waals surface area contributed by atoms with Gasteiger partial charge in [-0.25, -0.2) is 19.0 Å². The smallest absolute Gasteiger partial charge is 0.410 e. The molecule has 16 nitrogen and oxygen atoms in total. The number of esters is 1. The quantitative estimate of drug-likeness (QED) is 0.0296. The lowest BCUT2D eigenvalue weighted by Crippen LogP contribution is -2.53. The first-order valence-electron chi connectivity index (χ1n) is 25.5. The second-order valence-corrected chi connectivity index (χ2v) is 34.9. The molecule has 5 aromatic rings. The summed E-state index contributed by atoms with van der Waals surface area (Å²) in [7, 11) is -0.537. The highest BCUT2D eigenvalue weighted by Gasteiger charge is 2.39. The van der Waals surface area contributed by atoms with Gasteiger partial charge in [-0.1, -0.05) is 75.7 Å². The number of amides is 1. The lowest BCUT2D eigenvalue weighted by molar-refractivity contribution is 0.00690. The Morgan fingerprint density at radius 3 is 2.39 bits per heavy atom. The van der Waals surface area contributed by atoms with Crippen molar-refractivity contribution in [1.82, 2.24) is 29.5 Å². The summed E-state index contributed by atoms with van der Waals surface area (Å²) in [5.74, 6) is 5.74. The Labute approximate surface area is 452 Å². The van der Waals surface area contributed by atoms with Crippen LogP contribution in [-0.4, -0.2) is 143 Å². The molecule has 0 radical (unpaired) electrons. The zero-order valence-electron chi connectivity index (χ0n) is 46.4. The number of carbonyl (C=O) groups excluding carboxylic acids is 2. The van der Waals surface area contributed by atoms with Crippen molar-refractivity contribution in [3.8, 4) is 17.6 Å². The van der Waals surface area contributed by atoms with E-state index in [1.54, 1.807) is 45.2 Å². The molecule has 2 aromatic carbocycles. The number of thiazole rings is 2. The van der Waals surface area contributed by atoms with Gasteiger partial charge in [0.05, 0.1) is 50.3 Å². The van der Waals surface area contributed by atoms with E-state index in [0.29, 0.717) is 79.8 Å². The second-order valence-electron chi connectivity index (χ2n) is 22.4. The van der Waals surface area contributed by atoms with Crippen LogP contribution in [0.25, 0.3) is 10.2 Å². The van der Waals surface area contributed by atoms with E-state index >= 15 is 4.39 Å². The zero-order valence-corrected chi connectivity index (χ0v) is 50.1. The zero-order chi connectivity index (χ0) is 54.7. The average Bonchev–Trinajstić information content (AvgIpc) is 3.92. The van der Waals surface area contributed by atoms with E-state index in [2.05, 4.69) is 86.9 Å². The summed E-state index contributed by atoms with van der Waals surface area (Å²) in [6.45, 7) is 30.4. The molecule has 6 rings (SSSR count). The fourth-order valence-corrected chi connectivity index (χ4v) is 11.4. The van der Waals surface area contributed by atoms with Gasteiger partial charge < -0.3 is 33.0 Å². The number of hydrogen-bond acceptors (Lipinski definition) is 16. The molecule has 0 spiro atoms. The number of benzene rings is 2. The highest BCUT2D eigenvalue weighted by atomic mass is 32.1. The molecule has 3 aromatic heterocycles. The lowest BCUT2D eigenvalue weighted by Gasteiger charge is -2.41.